The van der Waals surface area contributed by atoms with Gasteiger partial charge in [0.2, 0.25) is 0 Å². The maximum absolute atomic E-state index is 11.4. The minimum atomic E-state index is -2.47. The van der Waals surface area contributed by atoms with Gasteiger partial charge in [-0.25, -0.2) is 4.79 Å². The summed E-state index contributed by atoms with van der Waals surface area (Å²) in [7, 11) is 1.01. The number of aliphatic hydroxyl groups excluding tert-OH is 4. The van der Waals surface area contributed by atoms with Crippen LogP contribution in [-0.2, 0) is 14.3 Å². The maximum atomic E-state index is 11.4. The van der Waals surface area contributed by atoms with Gasteiger partial charge in [0.15, 0.2) is 0 Å². The fraction of sp³-hybridized carbons (Fsp3) is 0.900. The Labute approximate surface area is 109 Å². The van der Waals surface area contributed by atoms with Crippen LogP contribution in [-0.4, -0.2) is 81.5 Å². The van der Waals surface area contributed by atoms with Crippen LogP contribution < -0.4 is 5.73 Å². The van der Waals surface area contributed by atoms with Crippen molar-refractivity contribution in [2.45, 2.75) is 42.7 Å². The fourth-order valence-corrected chi connectivity index (χ4v) is 1.91. The van der Waals surface area contributed by atoms with Crippen LogP contribution in [0.15, 0.2) is 0 Å². The van der Waals surface area contributed by atoms with Gasteiger partial charge in [0.1, 0.15) is 18.3 Å². The van der Waals surface area contributed by atoms with Crippen molar-refractivity contribution in [1.82, 2.24) is 0 Å². The van der Waals surface area contributed by atoms with E-state index in [1.807, 2.05) is 0 Å². The summed E-state index contributed by atoms with van der Waals surface area (Å²) in [5.74, 6) is -3.63. The number of methoxy groups -OCH3 is 1. The highest BCUT2D eigenvalue weighted by atomic mass is 16.7. The van der Waals surface area contributed by atoms with E-state index in [-0.39, 0.29) is 0 Å². The van der Waals surface area contributed by atoms with Crippen molar-refractivity contribution in [1.29, 1.82) is 0 Å². The average Bonchev–Trinajstić information content (AvgIpc) is 2.40. The van der Waals surface area contributed by atoms with Gasteiger partial charge in [-0.2, -0.15) is 0 Å². The van der Waals surface area contributed by atoms with Crippen molar-refractivity contribution in [3.8, 4) is 0 Å². The van der Waals surface area contributed by atoms with E-state index in [1.54, 1.807) is 0 Å². The Morgan fingerprint density at radius 2 is 2.16 bits per heavy atom. The highest BCUT2D eigenvalue weighted by Crippen LogP contribution is 2.30. The van der Waals surface area contributed by atoms with Crippen LogP contribution in [0.4, 0.5) is 0 Å². The molecule has 1 aliphatic rings. The van der Waals surface area contributed by atoms with E-state index in [1.165, 1.54) is 0 Å². The van der Waals surface area contributed by atoms with Gasteiger partial charge in [-0.05, 0) is 0 Å². The van der Waals surface area contributed by atoms with Gasteiger partial charge < -0.3 is 40.7 Å². The number of carbonyl (C=O) groups excluding carboxylic acids is 1. The van der Waals surface area contributed by atoms with Crippen molar-refractivity contribution < 1.29 is 39.8 Å². The Hall–Kier alpha value is -0.810. The second kappa shape index (κ2) is 6.09. The molecule has 1 fully saturated rings. The lowest BCUT2D eigenvalue weighted by atomic mass is 9.89. The minimum Gasteiger partial charge on any atom is -0.465 e. The maximum Gasteiger partial charge on any atom is 0.366 e. The molecule has 0 saturated carbocycles. The summed E-state index contributed by atoms with van der Waals surface area (Å²) < 4.78 is 9.30. The van der Waals surface area contributed by atoms with Crippen molar-refractivity contribution in [3.63, 3.8) is 0 Å². The molecule has 112 valence electrons. The number of esters is 1. The lowest BCUT2D eigenvalue weighted by Gasteiger charge is -2.43. The molecular weight excluding hydrogens is 262 g/mol. The minimum absolute atomic E-state index is 0.528. The molecule has 0 aromatic rings. The molecule has 1 aliphatic heterocycles. The SMILES string of the molecule is COC(=O)[C@@]1(O)C[C@H](O)[C@@H](N)[C@H]([C@H](O)[C@H](O)CO)O1. The molecule has 9 nitrogen and oxygen atoms in total. The second-order valence-electron chi connectivity index (χ2n) is 4.45. The van der Waals surface area contributed by atoms with Gasteiger partial charge in [0, 0.05) is 6.42 Å². The standard InChI is InChI=1S/C10H19NO8/c1-18-9(16)10(17)2-4(13)6(11)8(19-10)7(15)5(14)3-12/h4-8,12-15,17H,2-3,11H2,1H3/t4-,5+,6+,7+,8+,10+/m0/s1. The van der Waals surface area contributed by atoms with E-state index in [0.29, 0.717) is 0 Å². The monoisotopic (exact) mass is 281 g/mol. The predicted molar refractivity (Wildman–Crippen MR) is 59.5 cm³/mol. The molecule has 9 heteroatoms. The molecule has 1 saturated heterocycles. The number of rotatable bonds is 4. The zero-order valence-electron chi connectivity index (χ0n) is 10.3. The van der Waals surface area contributed by atoms with E-state index in [4.69, 9.17) is 15.6 Å². The Morgan fingerprint density at radius 1 is 1.58 bits per heavy atom. The topological polar surface area (TPSA) is 163 Å². The summed E-state index contributed by atoms with van der Waals surface area (Å²) in [6.45, 7) is -0.777. The predicted octanol–water partition coefficient (Wildman–Crippen LogP) is -3.96. The molecule has 1 rings (SSSR count). The zero-order chi connectivity index (χ0) is 14.8. The van der Waals surface area contributed by atoms with Gasteiger partial charge in [-0.15, -0.1) is 0 Å². The van der Waals surface area contributed by atoms with Gasteiger partial charge in [0.25, 0.3) is 5.79 Å². The highest BCUT2D eigenvalue weighted by molar-refractivity contribution is 5.77. The van der Waals surface area contributed by atoms with Crippen molar-refractivity contribution in [3.05, 3.63) is 0 Å². The third kappa shape index (κ3) is 3.20. The van der Waals surface area contributed by atoms with E-state index in [9.17, 15) is 25.2 Å². The third-order valence-corrected chi connectivity index (χ3v) is 3.06. The number of ether oxygens (including phenoxy) is 2. The Kier molecular flexibility index (Phi) is 5.21. The molecule has 19 heavy (non-hydrogen) atoms. The molecule has 0 amide bonds. The smallest absolute Gasteiger partial charge is 0.366 e. The summed E-state index contributed by atoms with van der Waals surface area (Å²) in [5.41, 5.74) is 5.59. The zero-order valence-corrected chi connectivity index (χ0v) is 10.3. The number of hydrogen-bond donors (Lipinski definition) is 6. The molecule has 0 radical (unpaired) electrons. The summed E-state index contributed by atoms with van der Waals surface area (Å²) in [4.78, 5) is 11.4. The normalized spacial score (nSPS) is 38.6. The van der Waals surface area contributed by atoms with Crippen molar-refractivity contribution in [2.75, 3.05) is 13.7 Å². The van der Waals surface area contributed by atoms with Crippen LogP contribution in [0.2, 0.25) is 0 Å². The fourth-order valence-electron chi connectivity index (χ4n) is 1.91. The molecule has 0 aromatic carbocycles. The summed E-state index contributed by atoms with van der Waals surface area (Å²) in [6.07, 6.45) is -6.62. The van der Waals surface area contributed by atoms with Gasteiger partial charge >= 0.3 is 5.97 Å². The third-order valence-electron chi connectivity index (χ3n) is 3.06. The summed E-state index contributed by atoms with van der Waals surface area (Å²) in [6, 6.07) is -1.15. The van der Waals surface area contributed by atoms with Crippen LogP contribution in [0.25, 0.3) is 0 Å². The molecule has 0 spiro atoms. The van der Waals surface area contributed by atoms with Crippen LogP contribution in [0.3, 0.4) is 0 Å². The quantitative estimate of drug-likeness (QED) is 0.282. The first-order chi connectivity index (χ1) is 8.76. The Balaban J connectivity index is 2.94. The van der Waals surface area contributed by atoms with Gasteiger partial charge in [-0.1, -0.05) is 0 Å². The lowest BCUT2D eigenvalue weighted by Crippen LogP contribution is -2.65. The molecule has 7 N–H and O–H groups in total. The van der Waals surface area contributed by atoms with E-state index >= 15 is 0 Å². The van der Waals surface area contributed by atoms with Gasteiger partial charge in [0.05, 0.1) is 25.9 Å². The number of hydrogen-bond acceptors (Lipinski definition) is 9. The van der Waals surface area contributed by atoms with E-state index < -0.39 is 55.2 Å². The molecule has 0 bridgehead atoms. The largest absolute Gasteiger partial charge is 0.465 e. The van der Waals surface area contributed by atoms with E-state index in [0.717, 1.165) is 7.11 Å². The molecule has 1 heterocycles. The van der Waals surface area contributed by atoms with Crippen LogP contribution in [0.5, 0.6) is 0 Å². The van der Waals surface area contributed by atoms with E-state index in [2.05, 4.69) is 4.74 Å². The Bertz CT molecular complexity index is 327. The summed E-state index contributed by atoms with van der Waals surface area (Å²) in [5, 5.41) is 47.4. The van der Waals surface area contributed by atoms with Crippen molar-refractivity contribution >= 4 is 5.97 Å². The van der Waals surface area contributed by atoms with Crippen LogP contribution >= 0.6 is 0 Å². The first-order valence-corrected chi connectivity index (χ1v) is 5.66. The first kappa shape index (κ1) is 16.2. The molecule has 0 aromatic heterocycles. The lowest BCUT2D eigenvalue weighted by molar-refractivity contribution is -0.294. The Morgan fingerprint density at radius 3 is 2.63 bits per heavy atom. The number of aliphatic hydroxyl groups is 5. The second-order valence-corrected chi connectivity index (χ2v) is 4.45. The summed E-state index contributed by atoms with van der Waals surface area (Å²) >= 11 is 0. The number of nitrogens with two attached hydrogens (primary N) is 1. The van der Waals surface area contributed by atoms with Crippen LogP contribution in [0, 0.1) is 0 Å². The highest BCUT2D eigenvalue weighted by Gasteiger charge is 2.52. The molecule has 0 unspecified atom stereocenters. The first-order valence-electron chi connectivity index (χ1n) is 5.66. The molecule has 6 atom stereocenters. The average molecular weight is 281 g/mol. The van der Waals surface area contributed by atoms with Crippen LogP contribution in [0.1, 0.15) is 6.42 Å². The van der Waals surface area contributed by atoms with Crippen molar-refractivity contribution in [2.24, 2.45) is 5.73 Å². The number of carbonyl (C=O) groups is 1. The molecule has 0 aliphatic carbocycles. The molecular formula is C10H19NO8. The van der Waals surface area contributed by atoms with Gasteiger partial charge in [-0.3, -0.25) is 0 Å².